The first-order valence-electron chi connectivity index (χ1n) is 8.07. The molecule has 0 atom stereocenters. The number of ether oxygens (including phenoxy) is 1. The van der Waals surface area contributed by atoms with Crippen LogP contribution in [0.25, 0.3) is 0 Å². The Balaban J connectivity index is 1.87. The van der Waals surface area contributed by atoms with Crippen molar-refractivity contribution in [3.05, 3.63) is 39.8 Å². The average Bonchev–Trinajstić information content (AvgIpc) is 3.01. The fourth-order valence-corrected chi connectivity index (χ4v) is 2.59. The lowest BCUT2D eigenvalue weighted by Gasteiger charge is -2.09. The SMILES string of the molecule is Cc1nnc(C(=O)Nc2cccc(C(=O)NCCCOC(C)C)c2)s1. The van der Waals surface area contributed by atoms with E-state index in [1.807, 2.05) is 13.8 Å². The number of aromatic nitrogens is 2. The van der Waals surface area contributed by atoms with Crippen LogP contribution in [-0.4, -0.2) is 41.3 Å². The molecule has 0 saturated carbocycles. The number of aryl methyl sites for hydroxylation is 1. The molecule has 1 aromatic carbocycles. The number of anilines is 1. The van der Waals surface area contributed by atoms with E-state index in [0.29, 0.717) is 24.4 Å². The van der Waals surface area contributed by atoms with E-state index in [2.05, 4.69) is 20.8 Å². The fraction of sp³-hybridized carbons (Fsp3) is 0.412. The Morgan fingerprint density at radius 3 is 2.72 bits per heavy atom. The number of amides is 2. The van der Waals surface area contributed by atoms with E-state index in [4.69, 9.17) is 4.74 Å². The van der Waals surface area contributed by atoms with Crippen molar-refractivity contribution >= 4 is 28.8 Å². The van der Waals surface area contributed by atoms with Crippen molar-refractivity contribution in [1.82, 2.24) is 15.5 Å². The molecule has 134 valence electrons. The molecule has 2 N–H and O–H groups in total. The quantitative estimate of drug-likeness (QED) is 0.704. The number of nitrogens with one attached hydrogen (secondary N) is 2. The number of rotatable bonds is 8. The number of nitrogens with zero attached hydrogens (tertiary/aromatic N) is 2. The molecular weight excluding hydrogens is 340 g/mol. The van der Waals surface area contributed by atoms with Gasteiger partial charge in [0, 0.05) is 24.4 Å². The summed E-state index contributed by atoms with van der Waals surface area (Å²) in [7, 11) is 0. The van der Waals surface area contributed by atoms with E-state index in [0.717, 1.165) is 11.4 Å². The molecule has 0 saturated heterocycles. The maximum atomic E-state index is 12.2. The second-order valence-electron chi connectivity index (χ2n) is 5.69. The normalized spacial score (nSPS) is 10.7. The zero-order valence-electron chi connectivity index (χ0n) is 14.5. The van der Waals surface area contributed by atoms with E-state index in [9.17, 15) is 9.59 Å². The summed E-state index contributed by atoms with van der Waals surface area (Å²) in [6.45, 7) is 6.87. The molecule has 0 aliphatic rings. The molecule has 0 aliphatic carbocycles. The van der Waals surface area contributed by atoms with Crippen LogP contribution in [0.3, 0.4) is 0 Å². The number of carbonyl (C=O) groups excluding carboxylic acids is 2. The Hall–Kier alpha value is -2.32. The maximum absolute atomic E-state index is 12.2. The molecule has 2 rings (SSSR count). The van der Waals surface area contributed by atoms with Crippen LogP contribution in [0.2, 0.25) is 0 Å². The third kappa shape index (κ3) is 6.24. The van der Waals surface area contributed by atoms with Gasteiger partial charge in [-0.3, -0.25) is 9.59 Å². The lowest BCUT2D eigenvalue weighted by Crippen LogP contribution is -2.25. The van der Waals surface area contributed by atoms with Gasteiger partial charge in [-0.05, 0) is 45.4 Å². The van der Waals surface area contributed by atoms with Crippen molar-refractivity contribution in [3.63, 3.8) is 0 Å². The molecule has 1 aromatic heterocycles. The molecule has 2 aromatic rings. The number of benzene rings is 1. The van der Waals surface area contributed by atoms with Crippen molar-refractivity contribution in [1.29, 1.82) is 0 Å². The molecule has 7 nitrogen and oxygen atoms in total. The lowest BCUT2D eigenvalue weighted by atomic mass is 10.2. The molecule has 25 heavy (non-hydrogen) atoms. The zero-order chi connectivity index (χ0) is 18.2. The summed E-state index contributed by atoms with van der Waals surface area (Å²) in [5.74, 6) is -0.526. The van der Waals surface area contributed by atoms with Gasteiger partial charge in [0.05, 0.1) is 6.10 Å². The predicted octanol–water partition coefficient (Wildman–Crippen LogP) is 2.64. The summed E-state index contributed by atoms with van der Waals surface area (Å²) in [6, 6.07) is 6.77. The molecule has 2 amide bonds. The van der Waals surface area contributed by atoms with Gasteiger partial charge in [0.1, 0.15) is 5.01 Å². The Morgan fingerprint density at radius 2 is 2.04 bits per heavy atom. The van der Waals surface area contributed by atoms with Gasteiger partial charge in [-0.15, -0.1) is 10.2 Å². The van der Waals surface area contributed by atoms with E-state index < -0.39 is 0 Å². The van der Waals surface area contributed by atoms with Crippen molar-refractivity contribution in [2.45, 2.75) is 33.3 Å². The summed E-state index contributed by atoms with van der Waals surface area (Å²) in [6.07, 6.45) is 0.935. The van der Waals surface area contributed by atoms with E-state index in [-0.39, 0.29) is 22.9 Å². The predicted molar refractivity (Wildman–Crippen MR) is 97.1 cm³/mol. The summed E-state index contributed by atoms with van der Waals surface area (Å²) in [4.78, 5) is 24.3. The third-order valence-corrected chi connectivity index (χ3v) is 4.00. The highest BCUT2D eigenvalue weighted by Crippen LogP contribution is 2.14. The molecule has 0 unspecified atom stereocenters. The van der Waals surface area contributed by atoms with Crippen molar-refractivity contribution in [2.75, 3.05) is 18.5 Å². The molecule has 0 aliphatic heterocycles. The Morgan fingerprint density at radius 1 is 1.24 bits per heavy atom. The van der Waals surface area contributed by atoms with E-state index in [1.165, 1.54) is 11.3 Å². The van der Waals surface area contributed by atoms with Crippen LogP contribution in [-0.2, 0) is 4.74 Å². The largest absolute Gasteiger partial charge is 0.379 e. The van der Waals surface area contributed by atoms with Gasteiger partial charge in [-0.1, -0.05) is 17.4 Å². The van der Waals surface area contributed by atoms with Crippen molar-refractivity contribution in [3.8, 4) is 0 Å². The monoisotopic (exact) mass is 362 g/mol. The highest BCUT2D eigenvalue weighted by atomic mass is 32.1. The minimum Gasteiger partial charge on any atom is -0.379 e. The van der Waals surface area contributed by atoms with Crippen LogP contribution in [0.15, 0.2) is 24.3 Å². The van der Waals surface area contributed by atoms with Gasteiger partial charge >= 0.3 is 0 Å². The minimum atomic E-state index is -0.339. The third-order valence-electron chi connectivity index (χ3n) is 3.16. The van der Waals surface area contributed by atoms with Crippen molar-refractivity contribution in [2.24, 2.45) is 0 Å². The summed E-state index contributed by atoms with van der Waals surface area (Å²) in [5.41, 5.74) is 1.02. The van der Waals surface area contributed by atoms with Crippen LogP contribution in [0, 0.1) is 6.92 Å². The highest BCUT2D eigenvalue weighted by Gasteiger charge is 2.12. The van der Waals surface area contributed by atoms with Gasteiger partial charge in [0.2, 0.25) is 5.01 Å². The van der Waals surface area contributed by atoms with Crippen LogP contribution in [0.5, 0.6) is 0 Å². The molecule has 1 heterocycles. The second kappa shape index (κ2) is 9.24. The van der Waals surface area contributed by atoms with E-state index >= 15 is 0 Å². The van der Waals surface area contributed by atoms with E-state index in [1.54, 1.807) is 31.2 Å². The van der Waals surface area contributed by atoms with Crippen molar-refractivity contribution < 1.29 is 14.3 Å². The van der Waals surface area contributed by atoms with Crippen LogP contribution < -0.4 is 10.6 Å². The first-order chi connectivity index (χ1) is 12.0. The van der Waals surface area contributed by atoms with Crippen LogP contribution >= 0.6 is 11.3 Å². The zero-order valence-corrected chi connectivity index (χ0v) is 15.4. The minimum absolute atomic E-state index is 0.188. The standard InChI is InChI=1S/C17H22N4O3S/c1-11(2)24-9-5-8-18-15(22)13-6-4-7-14(10-13)19-16(23)17-21-20-12(3)25-17/h4,6-7,10-11H,5,8-9H2,1-3H3,(H,18,22)(H,19,23). The van der Waals surface area contributed by atoms with Gasteiger partial charge in [0.25, 0.3) is 11.8 Å². The van der Waals surface area contributed by atoms with Crippen LogP contribution in [0.4, 0.5) is 5.69 Å². The average molecular weight is 362 g/mol. The summed E-state index contributed by atoms with van der Waals surface area (Å²) in [5, 5.41) is 14.2. The molecule has 0 fully saturated rings. The van der Waals surface area contributed by atoms with Gasteiger partial charge in [-0.25, -0.2) is 0 Å². The van der Waals surface area contributed by atoms with Gasteiger partial charge in [-0.2, -0.15) is 0 Å². The molecule has 8 heteroatoms. The van der Waals surface area contributed by atoms with Gasteiger partial charge in [0.15, 0.2) is 0 Å². The number of carbonyl (C=O) groups is 2. The summed E-state index contributed by atoms with van der Waals surface area (Å²) >= 11 is 1.22. The number of hydrogen-bond donors (Lipinski definition) is 2. The Labute approximate surface area is 150 Å². The first-order valence-corrected chi connectivity index (χ1v) is 8.88. The Bertz CT molecular complexity index is 730. The lowest BCUT2D eigenvalue weighted by molar-refractivity contribution is 0.0757. The molecule has 0 bridgehead atoms. The smallest absolute Gasteiger partial charge is 0.286 e. The van der Waals surface area contributed by atoms with Gasteiger partial charge < -0.3 is 15.4 Å². The second-order valence-corrected chi connectivity index (χ2v) is 6.87. The highest BCUT2D eigenvalue weighted by molar-refractivity contribution is 7.13. The molecular formula is C17H22N4O3S. The first kappa shape index (κ1) is 19.0. The summed E-state index contributed by atoms with van der Waals surface area (Å²) < 4.78 is 5.43. The fourth-order valence-electron chi connectivity index (χ4n) is 2.01. The molecule has 0 radical (unpaired) electrons. The topological polar surface area (TPSA) is 93.2 Å². The maximum Gasteiger partial charge on any atom is 0.286 e. The molecule has 0 spiro atoms. The van der Waals surface area contributed by atoms with Crippen LogP contribution in [0.1, 0.15) is 45.4 Å². The number of hydrogen-bond acceptors (Lipinski definition) is 6. The Kier molecular flexibility index (Phi) is 7.03.